The number of sulfone groups is 1. The number of amides is 1. The molecule has 16 heavy (non-hydrogen) atoms. The van der Waals surface area contributed by atoms with Crippen molar-refractivity contribution < 1.29 is 22.7 Å². The van der Waals surface area contributed by atoms with Crippen LogP contribution in [0.2, 0.25) is 0 Å². The average molecular weight is 363 g/mol. The monoisotopic (exact) mass is 363 g/mol. The Morgan fingerprint density at radius 1 is 1.44 bits per heavy atom. The van der Waals surface area contributed by atoms with Gasteiger partial charge in [0.25, 0.3) is 0 Å². The Bertz CT molecular complexity index is 367. The number of alkyl halides is 1. The smallest absolute Gasteiger partial charge is 0.320 e. The predicted molar refractivity (Wildman–Crippen MR) is 67.1 cm³/mol. The Morgan fingerprint density at radius 3 is 2.31 bits per heavy atom. The normalized spacial score (nSPS) is 15.0. The maximum absolute atomic E-state index is 11.4. The van der Waals surface area contributed by atoms with Crippen LogP contribution in [0.15, 0.2) is 0 Å². The Kier molecular flexibility index (Phi) is 6.23. The minimum atomic E-state index is -3.41. The molecule has 0 saturated carbocycles. The van der Waals surface area contributed by atoms with E-state index in [0.29, 0.717) is 0 Å². The second-order valence-corrected chi connectivity index (χ2v) is 7.08. The molecule has 0 aliphatic rings. The molecule has 0 spiro atoms. The summed E-state index contributed by atoms with van der Waals surface area (Å²) in [5.41, 5.74) is 0. The molecule has 0 aliphatic heterocycles. The summed E-state index contributed by atoms with van der Waals surface area (Å²) in [6.07, 6.45) is 0.985. The van der Waals surface area contributed by atoms with E-state index in [9.17, 15) is 18.0 Å². The lowest BCUT2D eigenvalue weighted by Gasteiger charge is -2.12. The van der Waals surface area contributed by atoms with Gasteiger partial charge in [-0.2, -0.15) is 0 Å². The zero-order valence-corrected chi connectivity index (χ0v) is 12.2. The van der Waals surface area contributed by atoms with Gasteiger partial charge >= 0.3 is 5.97 Å². The van der Waals surface area contributed by atoms with E-state index in [-0.39, 0.29) is 6.54 Å². The van der Waals surface area contributed by atoms with Crippen molar-refractivity contribution in [3.8, 4) is 0 Å². The number of ether oxygens (including phenoxy) is 1. The van der Waals surface area contributed by atoms with Crippen LogP contribution >= 0.6 is 22.6 Å². The minimum absolute atomic E-state index is 0.0475. The Hall–Kier alpha value is -0.380. The van der Waals surface area contributed by atoms with Crippen LogP contribution in [-0.2, 0) is 24.2 Å². The molecule has 0 rings (SSSR count). The van der Waals surface area contributed by atoms with Gasteiger partial charge in [0.1, 0.15) is 9.17 Å². The van der Waals surface area contributed by atoms with Gasteiger partial charge in [0.2, 0.25) is 5.91 Å². The zero-order chi connectivity index (χ0) is 12.9. The van der Waals surface area contributed by atoms with Gasteiger partial charge < -0.3 is 10.1 Å². The lowest BCUT2D eigenvalue weighted by Crippen LogP contribution is -2.41. The van der Waals surface area contributed by atoms with Gasteiger partial charge in [0.05, 0.1) is 7.11 Å². The van der Waals surface area contributed by atoms with E-state index in [4.69, 9.17) is 0 Å². The second-order valence-electron chi connectivity index (χ2n) is 3.21. The van der Waals surface area contributed by atoms with Gasteiger partial charge in [-0.05, 0) is 6.92 Å². The zero-order valence-electron chi connectivity index (χ0n) is 9.19. The molecule has 94 valence electrons. The van der Waals surface area contributed by atoms with Crippen LogP contribution in [0.1, 0.15) is 6.92 Å². The molecular weight excluding hydrogens is 349 g/mol. The molecule has 0 aromatic rings. The maximum atomic E-state index is 11.4. The van der Waals surface area contributed by atoms with Crippen molar-refractivity contribution in [2.24, 2.45) is 0 Å². The molecule has 0 fully saturated rings. The quantitative estimate of drug-likeness (QED) is 0.405. The summed E-state index contributed by atoms with van der Waals surface area (Å²) < 4.78 is 26.0. The van der Waals surface area contributed by atoms with E-state index < -0.39 is 30.9 Å². The van der Waals surface area contributed by atoms with Crippen LogP contribution in [0.4, 0.5) is 0 Å². The molecular formula is C8H14INO5S. The summed E-state index contributed by atoms with van der Waals surface area (Å²) in [7, 11) is -2.16. The van der Waals surface area contributed by atoms with Crippen molar-refractivity contribution in [2.45, 2.75) is 16.1 Å². The summed E-state index contributed by atoms with van der Waals surface area (Å²) in [5.74, 6) is -1.08. The van der Waals surface area contributed by atoms with Gasteiger partial charge in [-0.15, -0.1) is 0 Å². The topological polar surface area (TPSA) is 89.5 Å². The van der Waals surface area contributed by atoms with Crippen LogP contribution in [0.25, 0.3) is 0 Å². The minimum Gasteiger partial charge on any atom is -0.468 e. The van der Waals surface area contributed by atoms with Crippen LogP contribution in [0.3, 0.4) is 0 Å². The summed E-state index contributed by atoms with van der Waals surface area (Å²) in [6, 6.07) is 0. The van der Waals surface area contributed by atoms with Crippen molar-refractivity contribution >= 4 is 44.3 Å². The lowest BCUT2D eigenvalue weighted by atomic mass is 10.4. The van der Waals surface area contributed by atoms with Crippen molar-refractivity contribution in [3.05, 3.63) is 0 Å². The van der Waals surface area contributed by atoms with Crippen LogP contribution in [-0.4, -0.2) is 49.4 Å². The fourth-order valence-electron chi connectivity index (χ4n) is 0.740. The molecule has 0 saturated heterocycles. The van der Waals surface area contributed by atoms with Crippen molar-refractivity contribution in [3.63, 3.8) is 0 Å². The van der Waals surface area contributed by atoms with Crippen molar-refractivity contribution in [1.29, 1.82) is 0 Å². The SMILES string of the molecule is COC(=O)C(I)CNC(=O)C(C)S(C)(=O)=O. The largest absolute Gasteiger partial charge is 0.468 e. The van der Waals surface area contributed by atoms with E-state index in [1.54, 1.807) is 22.6 Å². The molecule has 0 aromatic heterocycles. The van der Waals surface area contributed by atoms with Crippen molar-refractivity contribution in [2.75, 3.05) is 19.9 Å². The number of carbonyl (C=O) groups excluding carboxylic acids is 2. The van der Waals surface area contributed by atoms with Crippen LogP contribution < -0.4 is 5.32 Å². The van der Waals surface area contributed by atoms with E-state index in [1.807, 2.05) is 0 Å². The third kappa shape index (κ3) is 5.10. The molecule has 0 bridgehead atoms. The highest BCUT2D eigenvalue weighted by atomic mass is 127. The van der Waals surface area contributed by atoms with E-state index >= 15 is 0 Å². The predicted octanol–water partition coefficient (Wildman–Crippen LogP) is -0.488. The molecule has 0 aliphatic carbocycles. The molecule has 1 N–H and O–H groups in total. The molecule has 8 heteroatoms. The highest BCUT2D eigenvalue weighted by Gasteiger charge is 2.24. The van der Waals surface area contributed by atoms with E-state index in [1.165, 1.54) is 14.0 Å². The summed E-state index contributed by atoms with van der Waals surface area (Å²) >= 11 is 1.81. The number of methoxy groups -OCH3 is 1. The highest BCUT2D eigenvalue weighted by Crippen LogP contribution is 2.02. The standard InChI is InChI=1S/C8H14INO5S/c1-5(16(3,13)14)7(11)10-4-6(9)8(12)15-2/h5-6H,4H2,1-3H3,(H,10,11). The molecule has 2 atom stereocenters. The summed E-state index contributed by atoms with van der Waals surface area (Å²) in [6.45, 7) is 1.34. The molecule has 0 aromatic carbocycles. The number of rotatable bonds is 5. The first kappa shape index (κ1) is 15.6. The average Bonchev–Trinajstić information content (AvgIpc) is 2.21. The van der Waals surface area contributed by atoms with E-state index in [0.717, 1.165) is 6.26 Å². The number of hydrogen-bond donors (Lipinski definition) is 1. The van der Waals surface area contributed by atoms with Gasteiger partial charge in [0.15, 0.2) is 9.84 Å². The maximum Gasteiger partial charge on any atom is 0.320 e. The number of hydrogen-bond acceptors (Lipinski definition) is 5. The van der Waals surface area contributed by atoms with Gasteiger partial charge in [-0.1, -0.05) is 22.6 Å². The van der Waals surface area contributed by atoms with Crippen LogP contribution in [0, 0.1) is 0 Å². The Morgan fingerprint density at radius 2 is 1.94 bits per heavy atom. The third-order valence-electron chi connectivity index (χ3n) is 1.92. The van der Waals surface area contributed by atoms with E-state index in [2.05, 4.69) is 10.1 Å². The highest BCUT2D eigenvalue weighted by molar-refractivity contribution is 14.1. The number of esters is 1. The number of halogens is 1. The Labute approximate surface area is 108 Å². The molecule has 0 radical (unpaired) electrons. The first-order valence-electron chi connectivity index (χ1n) is 4.38. The third-order valence-corrected chi connectivity index (χ3v) is 4.37. The fourth-order valence-corrected chi connectivity index (χ4v) is 1.69. The van der Waals surface area contributed by atoms with Gasteiger partial charge in [-0.3, -0.25) is 9.59 Å². The lowest BCUT2D eigenvalue weighted by molar-refractivity contribution is -0.139. The molecule has 2 unspecified atom stereocenters. The fraction of sp³-hybridized carbons (Fsp3) is 0.750. The summed E-state index contributed by atoms with van der Waals surface area (Å²) in [5, 5.41) is 1.26. The second kappa shape index (κ2) is 6.38. The van der Waals surface area contributed by atoms with Gasteiger partial charge in [0, 0.05) is 12.8 Å². The summed E-state index contributed by atoms with van der Waals surface area (Å²) in [4.78, 5) is 22.4. The Balaban J connectivity index is 4.24. The van der Waals surface area contributed by atoms with Crippen LogP contribution in [0.5, 0.6) is 0 Å². The number of carbonyl (C=O) groups is 2. The first-order chi connectivity index (χ1) is 7.20. The molecule has 6 nitrogen and oxygen atoms in total. The van der Waals surface area contributed by atoms with Gasteiger partial charge in [-0.25, -0.2) is 8.42 Å². The van der Waals surface area contributed by atoms with Crippen molar-refractivity contribution in [1.82, 2.24) is 5.32 Å². The molecule has 0 heterocycles. The molecule has 1 amide bonds. The first-order valence-corrected chi connectivity index (χ1v) is 7.58. The number of nitrogens with one attached hydrogen (secondary N) is 1.